The molecule has 0 atom stereocenters. The van der Waals surface area contributed by atoms with Crippen molar-refractivity contribution in [2.24, 2.45) is 0 Å². The number of halogens is 3. The zero-order valence-corrected chi connectivity index (χ0v) is 14.0. The maximum Gasteiger partial charge on any atom is 0.534 e. The normalized spacial score (nSPS) is 16.6. The van der Waals surface area contributed by atoms with Crippen LogP contribution in [0.25, 0.3) is 21.9 Å². The predicted octanol–water partition coefficient (Wildman–Crippen LogP) is 2.72. The third-order valence-electron chi connectivity index (χ3n) is 4.30. The number of hydrogen-bond donors (Lipinski definition) is 0. The molecular formula is C14H12F3N5O3S. The SMILES string of the molecule is O=S(=O)(Oc1ncc2ccc3nnn(C4CCCC4)c3c2n1)C(F)(F)F. The molecule has 0 saturated heterocycles. The number of rotatable bonds is 3. The van der Waals surface area contributed by atoms with Crippen LogP contribution in [-0.4, -0.2) is 38.9 Å². The lowest BCUT2D eigenvalue weighted by Gasteiger charge is -2.11. The summed E-state index contributed by atoms with van der Waals surface area (Å²) in [5, 5.41) is 8.72. The fourth-order valence-corrected chi connectivity index (χ4v) is 3.46. The van der Waals surface area contributed by atoms with Crippen LogP contribution in [0.5, 0.6) is 6.01 Å². The van der Waals surface area contributed by atoms with Crippen molar-refractivity contribution in [1.82, 2.24) is 25.0 Å². The molecule has 1 fully saturated rings. The van der Waals surface area contributed by atoms with Crippen LogP contribution in [0, 0.1) is 0 Å². The van der Waals surface area contributed by atoms with Gasteiger partial charge in [-0.3, -0.25) is 0 Å². The van der Waals surface area contributed by atoms with E-state index in [4.69, 9.17) is 0 Å². The average molecular weight is 387 g/mol. The van der Waals surface area contributed by atoms with Crippen molar-refractivity contribution in [2.75, 3.05) is 0 Å². The first-order valence-corrected chi connectivity index (χ1v) is 9.18. The van der Waals surface area contributed by atoms with E-state index < -0.39 is 21.6 Å². The van der Waals surface area contributed by atoms with Crippen molar-refractivity contribution in [3.63, 3.8) is 0 Å². The zero-order chi connectivity index (χ0) is 18.5. The summed E-state index contributed by atoms with van der Waals surface area (Å²) in [4.78, 5) is 7.45. The van der Waals surface area contributed by atoms with Gasteiger partial charge in [0.15, 0.2) is 0 Å². The van der Waals surface area contributed by atoms with Gasteiger partial charge in [-0.15, -0.1) is 5.10 Å². The Morgan fingerprint density at radius 1 is 1.19 bits per heavy atom. The lowest BCUT2D eigenvalue weighted by atomic mass is 10.2. The van der Waals surface area contributed by atoms with Gasteiger partial charge in [-0.2, -0.15) is 26.6 Å². The molecule has 1 aliphatic rings. The molecule has 0 aliphatic heterocycles. The molecule has 26 heavy (non-hydrogen) atoms. The van der Waals surface area contributed by atoms with Gasteiger partial charge in [0.2, 0.25) is 0 Å². The molecule has 138 valence electrons. The van der Waals surface area contributed by atoms with E-state index in [1.165, 1.54) is 6.20 Å². The van der Waals surface area contributed by atoms with Gasteiger partial charge in [-0.05, 0) is 25.0 Å². The van der Waals surface area contributed by atoms with Crippen LogP contribution in [-0.2, 0) is 10.1 Å². The minimum Gasteiger partial charge on any atom is -0.337 e. The van der Waals surface area contributed by atoms with Crippen LogP contribution in [0.3, 0.4) is 0 Å². The first-order valence-electron chi connectivity index (χ1n) is 7.78. The Hall–Kier alpha value is -2.50. The van der Waals surface area contributed by atoms with Crippen LogP contribution in [0.1, 0.15) is 31.7 Å². The van der Waals surface area contributed by atoms with Crippen molar-refractivity contribution < 1.29 is 25.8 Å². The van der Waals surface area contributed by atoms with Gasteiger partial charge in [0, 0.05) is 11.6 Å². The number of benzene rings is 1. The monoisotopic (exact) mass is 387 g/mol. The Kier molecular flexibility index (Phi) is 3.75. The number of alkyl halides is 3. The molecule has 8 nitrogen and oxygen atoms in total. The summed E-state index contributed by atoms with van der Waals surface area (Å²) in [6, 6.07) is 2.55. The van der Waals surface area contributed by atoms with Crippen molar-refractivity contribution >= 4 is 32.1 Å². The molecule has 1 aliphatic carbocycles. The van der Waals surface area contributed by atoms with E-state index >= 15 is 0 Å². The molecule has 1 saturated carbocycles. The maximum absolute atomic E-state index is 12.5. The van der Waals surface area contributed by atoms with Crippen LogP contribution in [0.15, 0.2) is 18.3 Å². The highest BCUT2D eigenvalue weighted by molar-refractivity contribution is 7.87. The minimum atomic E-state index is -5.85. The second-order valence-electron chi connectivity index (χ2n) is 5.98. The van der Waals surface area contributed by atoms with Crippen LogP contribution < -0.4 is 4.18 Å². The smallest absolute Gasteiger partial charge is 0.337 e. The highest BCUT2D eigenvalue weighted by atomic mass is 32.2. The maximum atomic E-state index is 12.5. The molecular weight excluding hydrogens is 375 g/mol. The molecule has 4 rings (SSSR count). The molecule has 3 aromatic rings. The van der Waals surface area contributed by atoms with Crippen molar-refractivity contribution in [2.45, 2.75) is 37.2 Å². The molecule has 1 aromatic carbocycles. The van der Waals surface area contributed by atoms with Crippen molar-refractivity contribution in [3.05, 3.63) is 18.3 Å². The van der Waals surface area contributed by atoms with Crippen LogP contribution in [0.2, 0.25) is 0 Å². The highest BCUT2D eigenvalue weighted by Crippen LogP contribution is 2.33. The largest absolute Gasteiger partial charge is 0.534 e. The second kappa shape index (κ2) is 5.76. The van der Waals surface area contributed by atoms with Crippen LogP contribution in [0.4, 0.5) is 13.2 Å². The summed E-state index contributed by atoms with van der Waals surface area (Å²) in [6.45, 7) is 0. The predicted molar refractivity (Wildman–Crippen MR) is 83.7 cm³/mol. The quantitative estimate of drug-likeness (QED) is 0.503. The van der Waals surface area contributed by atoms with Crippen molar-refractivity contribution in [3.8, 4) is 6.01 Å². The molecule has 2 heterocycles. The van der Waals surface area contributed by atoms with E-state index in [9.17, 15) is 21.6 Å². The summed E-state index contributed by atoms with van der Waals surface area (Å²) < 4.78 is 65.7. The Morgan fingerprint density at radius 2 is 1.92 bits per heavy atom. The average Bonchev–Trinajstić information content (AvgIpc) is 3.22. The lowest BCUT2D eigenvalue weighted by molar-refractivity contribution is -0.0502. The van der Waals surface area contributed by atoms with Crippen molar-refractivity contribution in [1.29, 1.82) is 0 Å². The van der Waals surface area contributed by atoms with E-state index in [1.54, 1.807) is 16.8 Å². The summed E-state index contributed by atoms with van der Waals surface area (Å²) in [5.41, 5.74) is -4.30. The third kappa shape index (κ3) is 2.73. The Labute approximate surface area is 145 Å². The van der Waals surface area contributed by atoms with Gasteiger partial charge in [0.05, 0.1) is 6.04 Å². The van der Waals surface area contributed by atoms with E-state index in [0.29, 0.717) is 16.4 Å². The zero-order valence-electron chi connectivity index (χ0n) is 13.1. The summed E-state index contributed by atoms with van der Waals surface area (Å²) in [5.74, 6) is 0. The molecule has 0 spiro atoms. The standard InChI is InChI=1S/C14H12F3N5O3S/c15-14(16,17)26(23,24)25-13-18-7-8-5-6-10-12(11(8)19-13)22(21-20-10)9-3-1-2-4-9/h5-7,9H,1-4H2. The number of fused-ring (bicyclic) bond motifs is 3. The van der Waals surface area contributed by atoms with Gasteiger partial charge in [-0.25, -0.2) is 9.67 Å². The molecule has 2 aromatic heterocycles. The molecule has 0 unspecified atom stereocenters. The fourth-order valence-electron chi connectivity index (χ4n) is 3.09. The highest BCUT2D eigenvalue weighted by Gasteiger charge is 2.49. The Bertz CT molecular complexity index is 1090. The number of aromatic nitrogens is 5. The molecule has 12 heteroatoms. The van der Waals surface area contributed by atoms with E-state index in [0.717, 1.165) is 25.7 Å². The second-order valence-corrected chi connectivity index (χ2v) is 7.52. The minimum absolute atomic E-state index is 0.115. The third-order valence-corrected chi connectivity index (χ3v) is 5.23. The van der Waals surface area contributed by atoms with E-state index in [2.05, 4.69) is 24.5 Å². The lowest BCUT2D eigenvalue weighted by Crippen LogP contribution is -2.28. The van der Waals surface area contributed by atoms with Gasteiger partial charge < -0.3 is 4.18 Å². The fraction of sp³-hybridized carbons (Fsp3) is 0.429. The van der Waals surface area contributed by atoms with Gasteiger partial charge in [0.25, 0.3) is 0 Å². The Balaban J connectivity index is 1.86. The van der Waals surface area contributed by atoms with Gasteiger partial charge in [0.1, 0.15) is 16.6 Å². The summed E-state index contributed by atoms with van der Waals surface area (Å²) in [7, 11) is -5.85. The molecule has 0 radical (unpaired) electrons. The van der Waals surface area contributed by atoms with Gasteiger partial charge in [-0.1, -0.05) is 18.1 Å². The van der Waals surface area contributed by atoms with Crippen LogP contribution >= 0.6 is 0 Å². The van der Waals surface area contributed by atoms with E-state index in [1.807, 2.05) is 0 Å². The number of hydrogen-bond acceptors (Lipinski definition) is 7. The van der Waals surface area contributed by atoms with Gasteiger partial charge >= 0.3 is 21.6 Å². The molecule has 0 bridgehead atoms. The first kappa shape index (κ1) is 16.9. The number of nitrogens with zero attached hydrogens (tertiary/aromatic N) is 5. The summed E-state index contributed by atoms with van der Waals surface area (Å²) >= 11 is 0. The first-order chi connectivity index (χ1) is 12.3. The molecule has 0 amide bonds. The topological polar surface area (TPSA) is 99.9 Å². The summed E-state index contributed by atoms with van der Waals surface area (Å²) in [6.07, 6.45) is 5.11. The molecule has 0 N–H and O–H groups in total. The van der Waals surface area contributed by atoms with E-state index in [-0.39, 0.29) is 11.6 Å². The Morgan fingerprint density at radius 3 is 2.62 bits per heavy atom.